The van der Waals surface area contributed by atoms with Crippen molar-refractivity contribution in [3.63, 3.8) is 0 Å². The van der Waals surface area contributed by atoms with Crippen molar-refractivity contribution in [2.45, 2.75) is 13.3 Å². The minimum absolute atomic E-state index is 0.975. The van der Waals surface area contributed by atoms with E-state index in [-0.39, 0.29) is 0 Å². The molecule has 0 aromatic rings. The Bertz CT molecular complexity index is 38.9. The second-order valence-corrected chi connectivity index (χ2v) is 2.19. The van der Waals surface area contributed by atoms with E-state index in [0.29, 0.717) is 0 Å². The Kier molecular flexibility index (Phi) is 2.95. The minimum atomic E-state index is 0.975. The molecule has 0 nitrogen and oxygen atoms in total. The van der Waals surface area contributed by atoms with Crippen molar-refractivity contribution in [2.75, 3.05) is 0 Å². The summed E-state index contributed by atoms with van der Waals surface area (Å²) in [5.41, 5.74) is 0. The highest BCUT2D eigenvalue weighted by molar-refractivity contribution is 14.1. The first kappa shape index (κ1) is 5.47. The molecule has 0 aliphatic rings. The molecule has 0 spiro atoms. The Labute approximate surface area is 46.4 Å². The Morgan fingerprint density at radius 3 is 2.20 bits per heavy atom. The Morgan fingerprint density at radius 1 is 2.00 bits per heavy atom. The van der Waals surface area contributed by atoms with Gasteiger partial charge in [-0.25, -0.2) is 0 Å². The van der Waals surface area contributed by atoms with E-state index in [9.17, 15) is 0 Å². The zero-order valence-electron chi connectivity index (χ0n) is 3.16. The van der Waals surface area contributed by atoms with Gasteiger partial charge in [0.1, 0.15) is 0 Å². The molecule has 0 heterocycles. The zero-order chi connectivity index (χ0) is 4.28. The molecule has 0 amide bonds. The molecule has 0 aliphatic carbocycles. The summed E-state index contributed by atoms with van der Waals surface area (Å²) in [6.07, 6.45) is 0.987. The fourth-order valence-electron chi connectivity index (χ4n) is 0. The average Bonchev–Trinajstić information content (AvgIpc) is 1.38. The molecule has 1 radical (unpaired) electrons. The average molecular weight is 181 g/mol. The zero-order valence-corrected chi connectivity index (χ0v) is 5.32. The van der Waals surface area contributed by atoms with Crippen LogP contribution in [0.25, 0.3) is 0 Å². The maximum absolute atomic E-state index is 5.20. The number of allylic oxidation sites excluding steroid dienone is 1. The van der Waals surface area contributed by atoms with Gasteiger partial charge in [0.05, 0.1) is 0 Å². The van der Waals surface area contributed by atoms with Crippen LogP contribution in [0.4, 0.5) is 0 Å². The summed E-state index contributed by atoms with van der Waals surface area (Å²) in [4.78, 5) is 0. The third-order valence-corrected chi connectivity index (χ3v) is 1.10. The van der Waals surface area contributed by atoms with Crippen molar-refractivity contribution >= 4 is 22.6 Å². The molecule has 29 valence electrons. The van der Waals surface area contributed by atoms with E-state index >= 15 is 0 Å². The molecular weight excluding hydrogens is 175 g/mol. The van der Waals surface area contributed by atoms with E-state index in [0.717, 1.165) is 10.0 Å². The topological polar surface area (TPSA) is 0 Å². The minimum Gasteiger partial charge on any atom is -0.0608 e. The molecule has 0 unspecified atom stereocenters. The lowest BCUT2D eigenvalue weighted by molar-refractivity contribution is 1.22. The summed E-state index contributed by atoms with van der Waals surface area (Å²) >= 11 is 2.10. The van der Waals surface area contributed by atoms with E-state index < -0.39 is 0 Å². The summed E-state index contributed by atoms with van der Waals surface area (Å²) in [6, 6.07) is 0. The van der Waals surface area contributed by atoms with Crippen LogP contribution in [0.15, 0.2) is 3.58 Å². The van der Waals surface area contributed by atoms with Crippen LogP contribution in [0, 0.1) is 6.58 Å². The highest BCUT2D eigenvalue weighted by Gasteiger charge is 1.71. The van der Waals surface area contributed by atoms with Crippen molar-refractivity contribution in [1.82, 2.24) is 0 Å². The smallest absolute Gasteiger partial charge is 0.00965 e. The fourth-order valence-corrected chi connectivity index (χ4v) is 0. The maximum atomic E-state index is 5.20. The van der Waals surface area contributed by atoms with Gasteiger partial charge in [-0.3, -0.25) is 0 Å². The third-order valence-electron chi connectivity index (χ3n) is 0.338. The van der Waals surface area contributed by atoms with Crippen molar-refractivity contribution in [3.8, 4) is 0 Å². The number of rotatable bonds is 1. The van der Waals surface area contributed by atoms with Crippen LogP contribution < -0.4 is 0 Å². The molecule has 0 aromatic carbocycles. The lowest BCUT2D eigenvalue weighted by Gasteiger charge is -1.76. The van der Waals surface area contributed by atoms with Gasteiger partial charge in [-0.15, -0.1) is 0 Å². The fraction of sp³-hybridized carbons (Fsp3) is 0.500. The maximum Gasteiger partial charge on any atom is -0.00965 e. The molecule has 0 aromatic heterocycles. The van der Waals surface area contributed by atoms with Gasteiger partial charge in [0.15, 0.2) is 0 Å². The largest absolute Gasteiger partial charge is 0.0608 e. The van der Waals surface area contributed by atoms with E-state index in [4.69, 9.17) is 6.58 Å². The van der Waals surface area contributed by atoms with Crippen molar-refractivity contribution in [2.24, 2.45) is 0 Å². The molecule has 0 N–H and O–H groups in total. The highest BCUT2D eigenvalue weighted by Crippen LogP contribution is 2.03. The Morgan fingerprint density at radius 2 is 2.20 bits per heavy atom. The predicted octanol–water partition coefficient (Wildman–Crippen LogP) is 2.15. The molecule has 1 heteroatoms. The molecule has 0 fully saturated rings. The van der Waals surface area contributed by atoms with Crippen LogP contribution in [0.1, 0.15) is 13.3 Å². The van der Waals surface area contributed by atoms with E-state index in [1.54, 1.807) is 0 Å². The standard InChI is InChI=1S/C4H6I/c1-3-4(2)5/h2H,3H2,1H3. The first-order valence-electron chi connectivity index (χ1n) is 1.54. The summed E-state index contributed by atoms with van der Waals surface area (Å²) in [6.45, 7) is 7.22. The second kappa shape index (κ2) is 2.69. The van der Waals surface area contributed by atoms with Gasteiger partial charge >= 0.3 is 0 Å². The molecule has 0 bridgehead atoms. The molecular formula is C4H6I. The summed E-state index contributed by atoms with van der Waals surface area (Å²) in [5, 5.41) is 0. The quantitative estimate of drug-likeness (QED) is 0.543. The monoisotopic (exact) mass is 181 g/mol. The van der Waals surface area contributed by atoms with Crippen molar-refractivity contribution in [3.05, 3.63) is 10.2 Å². The number of hydrogen-bond acceptors (Lipinski definition) is 0. The van der Waals surface area contributed by atoms with Crippen LogP contribution in [0.2, 0.25) is 0 Å². The molecule has 0 rings (SSSR count). The van der Waals surface area contributed by atoms with Crippen LogP contribution in [-0.4, -0.2) is 0 Å². The first-order chi connectivity index (χ1) is 2.27. The number of hydrogen-bond donors (Lipinski definition) is 0. The van der Waals surface area contributed by atoms with Crippen molar-refractivity contribution in [1.29, 1.82) is 0 Å². The molecule has 0 aliphatic heterocycles. The first-order valence-corrected chi connectivity index (χ1v) is 2.62. The highest BCUT2D eigenvalue weighted by atomic mass is 127. The Hall–Kier alpha value is 0.470. The van der Waals surface area contributed by atoms with Gasteiger partial charge in [0, 0.05) is 0 Å². The van der Waals surface area contributed by atoms with Gasteiger partial charge < -0.3 is 0 Å². The van der Waals surface area contributed by atoms with Gasteiger partial charge in [0.25, 0.3) is 0 Å². The molecule has 0 saturated carbocycles. The Balaban J connectivity index is 2.85. The number of halogens is 1. The van der Waals surface area contributed by atoms with Gasteiger partial charge in [-0.2, -0.15) is 0 Å². The third kappa shape index (κ3) is 4.47. The normalized spacial score (nSPS) is 7.60. The lowest BCUT2D eigenvalue weighted by atomic mass is 10.5. The van der Waals surface area contributed by atoms with Gasteiger partial charge in [-0.1, -0.05) is 13.5 Å². The van der Waals surface area contributed by atoms with E-state index in [1.807, 2.05) is 6.92 Å². The molecule has 5 heavy (non-hydrogen) atoms. The summed E-state index contributed by atoms with van der Waals surface area (Å²) in [5.74, 6) is 0. The predicted molar refractivity (Wildman–Crippen MR) is 32.1 cm³/mol. The van der Waals surface area contributed by atoms with Crippen LogP contribution in [0.3, 0.4) is 0 Å². The van der Waals surface area contributed by atoms with Gasteiger partial charge in [0.2, 0.25) is 0 Å². The van der Waals surface area contributed by atoms with Crippen LogP contribution >= 0.6 is 22.6 Å². The molecule has 0 saturated heterocycles. The van der Waals surface area contributed by atoms with Crippen LogP contribution in [0.5, 0.6) is 0 Å². The second-order valence-electron chi connectivity index (χ2n) is 0.800. The van der Waals surface area contributed by atoms with E-state index in [1.165, 1.54) is 0 Å². The van der Waals surface area contributed by atoms with Crippen LogP contribution in [-0.2, 0) is 0 Å². The van der Waals surface area contributed by atoms with Gasteiger partial charge in [-0.05, 0) is 32.6 Å². The van der Waals surface area contributed by atoms with E-state index in [2.05, 4.69) is 22.6 Å². The van der Waals surface area contributed by atoms with Crippen molar-refractivity contribution < 1.29 is 0 Å². The summed E-state index contributed by atoms with van der Waals surface area (Å²) < 4.78 is 0.975. The SMILES string of the molecule is [CH]=C(I)CC. The molecule has 0 atom stereocenters. The lowest BCUT2D eigenvalue weighted by Crippen LogP contribution is -1.52. The summed E-state index contributed by atoms with van der Waals surface area (Å²) in [7, 11) is 0.